The first kappa shape index (κ1) is 69.5. The molecule has 93 heavy (non-hydrogen) atoms. The van der Waals surface area contributed by atoms with Gasteiger partial charge in [-0.2, -0.15) is 8.61 Å². The zero-order chi connectivity index (χ0) is 64.0. The van der Waals surface area contributed by atoms with Crippen molar-refractivity contribution in [3.63, 3.8) is 0 Å². The number of carbonyl (C=O) groups excluding carboxylic acids is 3. The van der Waals surface area contributed by atoms with E-state index in [2.05, 4.69) is 42.3 Å². The largest absolute Gasteiger partial charge is 1.00 e. The smallest absolute Gasteiger partial charge is 0.408 e. The molecule has 2 fully saturated rings. The van der Waals surface area contributed by atoms with Gasteiger partial charge in [-0.15, -0.1) is 35.1 Å². The van der Waals surface area contributed by atoms with Crippen molar-refractivity contribution >= 4 is 129 Å². The van der Waals surface area contributed by atoms with Crippen LogP contribution in [0.5, 0.6) is 0 Å². The first-order valence-corrected chi connectivity index (χ1v) is 34.3. The third-order valence-electron chi connectivity index (χ3n) is 14.5. The SMILES string of the molecule is CC(C)(C)OC(=O)NCC(=O)Nc1cccc(-c2nc3sccn3c2-c2ccnc(N[C@@H]3CCCN(S(=O)(=O)c4ccc(Cl)cc4)C3)n2)c1.Cl.[Cl-].[NH3+]CC(=O)Nc1cccc(-c2nc3sccn3c2-c2ccnc(N[C@@H]3CCCN(S(=O)(=O)c4ccc(Cl)cc4)C3)n2)c1. The van der Waals surface area contributed by atoms with Gasteiger partial charge in [-0.25, -0.2) is 51.5 Å². The Bertz CT molecular complexity index is 4530. The summed E-state index contributed by atoms with van der Waals surface area (Å²) in [6.07, 6.45) is 9.41. The minimum Gasteiger partial charge on any atom is -1.00 e. The van der Waals surface area contributed by atoms with Crippen LogP contribution in [0.15, 0.2) is 155 Å². The molecular weight excluding hydrogens is 1350 g/mol. The molecular formula is C61H64Cl4N16O8S4. The van der Waals surface area contributed by atoms with E-state index < -0.39 is 37.6 Å². The Morgan fingerprint density at radius 1 is 0.634 bits per heavy atom. The second-order valence-electron chi connectivity index (χ2n) is 22.2. The molecule has 8 heterocycles. The number of fused-ring (bicyclic) bond motifs is 2. The van der Waals surface area contributed by atoms with Gasteiger partial charge in [-0.1, -0.05) is 47.5 Å². The number of ether oxygens (including phenoxy) is 1. The standard InChI is InChI=1S/C33H35ClN8O5S2.C28H27ClN8O3S2.2ClH/c1-33(2,3)47-32(44)36-19-27(43)37-23-7-4-6-21(18-23)28-29(42-16-17-48-31(42)40-28)26-13-14-35-30(39-26)38-24-8-5-15-41(20-24)49(45,46)25-11-9-22(34)10-12-25;29-19-6-8-22(9-7-19)42(39,40)36-12-2-5-21(17-36)33-27-31-11-10-23(34-27)26-25(35-28-37(26)13-14-41-28)18-3-1-4-20(15-18)32-24(38)16-30;;/h4,6-7,9-14,16-18,24H,5,8,15,19-20H2,1-3H3,(H,36,44)(H,37,43)(H,35,38,39);1,3-4,6-11,13-15,21H,2,5,12,16-17,30H2,(H,32,38)(H,31,33,34);2*1H/t24-;21-;;/m11../s1. The van der Waals surface area contributed by atoms with Gasteiger partial charge in [-0.05, 0) is 131 Å². The molecule has 2 atom stereocenters. The number of anilines is 4. The fourth-order valence-corrected chi connectivity index (χ4v) is 15.1. The Balaban J connectivity index is 0.000000217. The molecule has 0 saturated carbocycles. The van der Waals surface area contributed by atoms with Gasteiger partial charge >= 0.3 is 6.09 Å². The number of amides is 3. The summed E-state index contributed by atoms with van der Waals surface area (Å²) in [6, 6.07) is 30.4. The van der Waals surface area contributed by atoms with Crippen molar-refractivity contribution in [3.05, 3.63) is 155 Å². The predicted octanol–water partition coefficient (Wildman–Crippen LogP) is 6.95. The average Bonchev–Trinajstić information content (AvgIpc) is 1.65. The van der Waals surface area contributed by atoms with Crippen molar-refractivity contribution in [2.24, 2.45) is 0 Å². The highest BCUT2D eigenvalue weighted by Gasteiger charge is 2.33. The van der Waals surface area contributed by atoms with Crippen LogP contribution >= 0.6 is 58.3 Å². The fraction of sp³-hybridized carbons (Fsp3) is 0.262. The van der Waals surface area contributed by atoms with Crippen LogP contribution in [-0.4, -0.2) is 139 Å². The number of halogens is 4. The molecule has 0 unspecified atom stereocenters. The zero-order valence-electron chi connectivity index (χ0n) is 50.2. The number of benzene rings is 4. The number of quaternary nitrogens is 1. The number of nitrogens with one attached hydrogen (secondary N) is 5. The molecule has 12 rings (SSSR count). The van der Waals surface area contributed by atoms with Crippen LogP contribution in [0, 0.1) is 0 Å². The number of nitrogens with zero attached hydrogens (tertiary/aromatic N) is 10. The summed E-state index contributed by atoms with van der Waals surface area (Å²) in [6.45, 7) is 6.52. The maximum Gasteiger partial charge on any atom is 0.408 e. The van der Waals surface area contributed by atoms with Gasteiger partial charge in [0, 0.05) is 106 Å². The molecule has 0 radical (unpaired) electrons. The number of alkyl carbamates (subject to hydrolysis) is 1. The topological polar surface area (TPSA) is 309 Å². The summed E-state index contributed by atoms with van der Waals surface area (Å²) in [5.41, 5.74) is 9.85. The maximum absolute atomic E-state index is 13.3. The first-order valence-electron chi connectivity index (χ1n) is 28.9. The fourth-order valence-electron chi connectivity index (χ4n) is 10.4. The van der Waals surface area contributed by atoms with E-state index in [-0.39, 0.29) is 78.8 Å². The second kappa shape index (κ2) is 30.0. The van der Waals surface area contributed by atoms with Gasteiger partial charge in [0.15, 0.2) is 16.5 Å². The average molecular weight is 1420 g/mol. The zero-order valence-corrected chi connectivity index (χ0v) is 56.6. The van der Waals surface area contributed by atoms with Crippen molar-refractivity contribution in [3.8, 4) is 45.3 Å². The van der Waals surface area contributed by atoms with E-state index in [0.717, 1.165) is 51.0 Å². The molecule has 3 amide bonds. The van der Waals surface area contributed by atoms with E-state index >= 15 is 0 Å². The van der Waals surface area contributed by atoms with Crippen molar-refractivity contribution in [2.75, 3.05) is 60.5 Å². The Labute approximate surface area is 566 Å². The second-order valence-corrected chi connectivity index (χ2v) is 28.7. The van der Waals surface area contributed by atoms with Crippen molar-refractivity contribution < 1.29 is 54.1 Å². The number of aromatic nitrogens is 8. The van der Waals surface area contributed by atoms with E-state index in [1.54, 1.807) is 75.6 Å². The molecule has 24 nitrogen and oxygen atoms in total. The highest BCUT2D eigenvalue weighted by atomic mass is 35.5. The Kier molecular flexibility index (Phi) is 22.4. The molecule has 0 aliphatic carbocycles. The van der Waals surface area contributed by atoms with Gasteiger partial charge in [0.2, 0.25) is 37.9 Å². The lowest BCUT2D eigenvalue weighted by molar-refractivity contribution is -0.353. The molecule has 4 aromatic carbocycles. The van der Waals surface area contributed by atoms with E-state index in [1.807, 2.05) is 74.4 Å². The Morgan fingerprint density at radius 2 is 1.08 bits per heavy atom. The Hall–Kier alpha value is -7.87. The van der Waals surface area contributed by atoms with Crippen LogP contribution in [0.25, 0.3) is 55.2 Å². The highest BCUT2D eigenvalue weighted by molar-refractivity contribution is 7.89. The maximum atomic E-state index is 13.3. The third kappa shape index (κ3) is 16.7. The summed E-state index contributed by atoms with van der Waals surface area (Å²) < 4.78 is 65.3. The van der Waals surface area contributed by atoms with Crippen LogP contribution in [0.3, 0.4) is 0 Å². The molecule has 8 N–H and O–H groups in total. The number of imidazole rings is 2. The third-order valence-corrected chi connectivity index (χ3v) is 20.3. The minimum atomic E-state index is -3.69. The lowest BCUT2D eigenvalue weighted by Crippen LogP contribution is -3.00. The molecule has 6 aromatic heterocycles. The summed E-state index contributed by atoms with van der Waals surface area (Å²) >= 11 is 14.9. The van der Waals surface area contributed by atoms with Crippen molar-refractivity contribution in [1.82, 2.24) is 52.6 Å². The molecule has 0 bridgehead atoms. The summed E-state index contributed by atoms with van der Waals surface area (Å²) in [7, 11) is -7.35. The Morgan fingerprint density at radius 3 is 1.51 bits per heavy atom. The van der Waals surface area contributed by atoms with E-state index in [1.165, 1.54) is 55.5 Å². The van der Waals surface area contributed by atoms with Gasteiger partial charge in [-0.3, -0.25) is 18.4 Å². The van der Waals surface area contributed by atoms with Crippen LogP contribution in [0.1, 0.15) is 46.5 Å². The van der Waals surface area contributed by atoms with Crippen LogP contribution in [-0.2, 0) is 34.4 Å². The molecule has 2 aliphatic heterocycles. The van der Waals surface area contributed by atoms with Gasteiger partial charge < -0.3 is 49.5 Å². The van der Waals surface area contributed by atoms with Gasteiger partial charge in [0.25, 0.3) is 5.91 Å². The highest BCUT2D eigenvalue weighted by Crippen LogP contribution is 2.37. The number of thiazole rings is 2. The van der Waals surface area contributed by atoms with Crippen LogP contribution in [0.2, 0.25) is 10.0 Å². The summed E-state index contributed by atoms with van der Waals surface area (Å²) in [5, 5.41) is 19.7. The lowest BCUT2D eigenvalue weighted by atomic mass is 10.1. The predicted molar refractivity (Wildman–Crippen MR) is 359 cm³/mol. The van der Waals surface area contributed by atoms with Crippen molar-refractivity contribution in [2.45, 2.75) is 73.9 Å². The van der Waals surface area contributed by atoms with Gasteiger partial charge in [0.1, 0.15) is 23.5 Å². The molecule has 10 aromatic rings. The van der Waals surface area contributed by atoms with Crippen molar-refractivity contribution in [1.29, 1.82) is 0 Å². The summed E-state index contributed by atoms with van der Waals surface area (Å²) in [5.74, 6) is 0.175. The van der Waals surface area contributed by atoms with E-state index in [0.29, 0.717) is 76.3 Å². The normalized spacial score (nSPS) is 15.4. The lowest BCUT2D eigenvalue weighted by Gasteiger charge is -2.32. The number of rotatable bonds is 17. The number of piperidine rings is 2. The molecule has 2 aliphatic rings. The molecule has 32 heteroatoms. The van der Waals surface area contributed by atoms with Crippen LogP contribution < -0.4 is 44.7 Å². The quantitative estimate of drug-likeness (QED) is 0.0537. The van der Waals surface area contributed by atoms with E-state index in [4.69, 9.17) is 47.9 Å². The number of hydrogen-bond acceptors (Lipinski definition) is 18. The molecule has 0 spiro atoms. The van der Waals surface area contributed by atoms with Gasteiger partial charge in [0.05, 0.1) is 32.6 Å². The molecule has 488 valence electrons. The monoisotopic (exact) mass is 1420 g/mol. The first-order chi connectivity index (χ1) is 43.7. The summed E-state index contributed by atoms with van der Waals surface area (Å²) in [4.78, 5) is 66.8. The number of sulfonamides is 2. The number of hydrogen-bond donors (Lipinski definition) is 6. The number of carbonyl (C=O) groups is 3. The van der Waals surface area contributed by atoms with Crippen LogP contribution in [0.4, 0.5) is 28.1 Å². The molecule has 2 saturated heterocycles. The van der Waals surface area contributed by atoms with E-state index in [9.17, 15) is 31.2 Å². The minimum absolute atomic E-state index is 0.